The molecule has 0 spiro atoms. The number of methoxy groups -OCH3 is 1. The molecule has 1 aromatic heterocycles. The maximum atomic E-state index is 13.8. The molecule has 1 unspecified atom stereocenters. The third-order valence-corrected chi connectivity index (χ3v) is 4.38. The number of hydrogen-bond acceptors (Lipinski definition) is 3. The molecular weight excluding hydrogens is 285 g/mol. The van der Waals surface area contributed by atoms with Crippen LogP contribution in [0.1, 0.15) is 16.5 Å². The Balaban J connectivity index is 2.29. The minimum Gasteiger partial charge on any atom is -0.496 e. The zero-order valence-corrected chi connectivity index (χ0v) is 12.3. The summed E-state index contributed by atoms with van der Waals surface area (Å²) in [5.74, 6) is 0.542. The highest BCUT2D eigenvalue weighted by molar-refractivity contribution is 7.10. The summed E-state index contributed by atoms with van der Waals surface area (Å²) in [6, 6.07) is 6.64. The lowest BCUT2D eigenvalue weighted by atomic mass is 10.0. The number of nitrogens with one attached hydrogen (secondary N) is 1. The van der Waals surface area contributed by atoms with Crippen molar-refractivity contribution in [3.63, 3.8) is 0 Å². The van der Waals surface area contributed by atoms with Crippen molar-refractivity contribution in [1.29, 1.82) is 0 Å². The summed E-state index contributed by atoms with van der Waals surface area (Å²) in [7, 11) is 3.48. The van der Waals surface area contributed by atoms with Gasteiger partial charge in [0.1, 0.15) is 11.6 Å². The third kappa shape index (κ3) is 3.08. The molecule has 2 nitrogen and oxygen atoms in total. The lowest BCUT2D eigenvalue weighted by molar-refractivity contribution is 0.404. The van der Waals surface area contributed by atoms with Gasteiger partial charge in [-0.3, -0.25) is 0 Å². The van der Waals surface area contributed by atoms with Gasteiger partial charge in [-0.1, -0.05) is 17.7 Å². The maximum Gasteiger partial charge on any atom is 0.134 e. The molecule has 0 radical (unpaired) electrons. The fourth-order valence-electron chi connectivity index (χ4n) is 1.99. The Labute approximate surface area is 121 Å². The van der Waals surface area contributed by atoms with E-state index in [1.54, 1.807) is 30.6 Å². The van der Waals surface area contributed by atoms with E-state index in [0.29, 0.717) is 17.0 Å². The molecule has 0 bridgehead atoms. The molecule has 1 heterocycles. The second-order valence-electron chi connectivity index (χ2n) is 4.10. The summed E-state index contributed by atoms with van der Waals surface area (Å²) >= 11 is 7.65. The van der Waals surface area contributed by atoms with Crippen molar-refractivity contribution in [2.75, 3.05) is 14.2 Å². The van der Waals surface area contributed by atoms with Crippen LogP contribution in [0.15, 0.2) is 29.6 Å². The molecule has 0 aliphatic carbocycles. The van der Waals surface area contributed by atoms with Gasteiger partial charge in [-0.15, -0.1) is 11.3 Å². The van der Waals surface area contributed by atoms with Crippen molar-refractivity contribution in [3.05, 3.63) is 50.9 Å². The van der Waals surface area contributed by atoms with E-state index < -0.39 is 0 Å². The smallest absolute Gasteiger partial charge is 0.134 e. The van der Waals surface area contributed by atoms with Gasteiger partial charge in [0.15, 0.2) is 0 Å². The summed E-state index contributed by atoms with van der Waals surface area (Å²) in [5.41, 5.74) is 0.527. The maximum absolute atomic E-state index is 13.8. The predicted octanol–water partition coefficient (Wildman–Crippen LogP) is 4.05. The Morgan fingerprint density at radius 3 is 2.84 bits per heavy atom. The molecule has 0 aliphatic heterocycles. The lowest BCUT2D eigenvalue weighted by Gasteiger charge is -2.17. The van der Waals surface area contributed by atoms with E-state index in [-0.39, 0.29) is 11.9 Å². The molecule has 0 fully saturated rings. The Morgan fingerprint density at radius 1 is 1.42 bits per heavy atom. The lowest BCUT2D eigenvalue weighted by Crippen LogP contribution is -2.19. The molecular formula is C14H15ClFNOS. The summed E-state index contributed by atoms with van der Waals surface area (Å²) < 4.78 is 19.1. The summed E-state index contributed by atoms with van der Waals surface area (Å²) in [4.78, 5) is 1.05. The van der Waals surface area contributed by atoms with Crippen molar-refractivity contribution in [2.24, 2.45) is 0 Å². The van der Waals surface area contributed by atoms with Gasteiger partial charge in [0.25, 0.3) is 0 Å². The fraction of sp³-hybridized carbons (Fsp3) is 0.286. The van der Waals surface area contributed by atoms with Gasteiger partial charge in [-0.05, 0) is 37.0 Å². The molecule has 102 valence electrons. The van der Waals surface area contributed by atoms with E-state index in [2.05, 4.69) is 5.32 Å². The van der Waals surface area contributed by atoms with Crippen LogP contribution in [0.5, 0.6) is 5.75 Å². The van der Waals surface area contributed by atoms with E-state index in [9.17, 15) is 4.39 Å². The van der Waals surface area contributed by atoms with Crippen LogP contribution in [0.2, 0.25) is 5.02 Å². The number of benzene rings is 1. The molecule has 0 aliphatic rings. The second-order valence-corrected chi connectivity index (χ2v) is 5.45. The van der Waals surface area contributed by atoms with Gasteiger partial charge >= 0.3 is 0 Å². The molecule has 1 aromatic carbocycles. The highest BCUT2D eigenvalue weighted by atomic mass is 35.5. The molecule has 0 amide bonds. The largest absolute Gasteiger partial charge is 0.496 e. The first-order valence-electron chi connectivity index (χ1n) is 5.89. The van der Waals surface area contributed by atoms with Crippen molar-refractivity contribution < 1.29 is 9.13 Å². The van der Waals surface area contributed by atoms with Crippen LogP contribution in [-0.4, -0.2) is 14.2 Å². The number of ether oxygens (including phenoxy) is 1. The molecule has 1 N–H and O–H groups in total. The molecule has 5 heteroatoms. The summed E-state index contributed by atoms with van der Waals surface area (Å²) in [6.07, 6.45) is 0.485. The van der Waals surface area contributed by atoms with Gasteiger partial charge in [-0.2, -0.15) is 0 Å². The SMILES string of the molecule is CNC(Cc1c(F)cccc1Cl)c1sccc1OC. The molecule has 19 heavy (non-hydrogen) atoms. The van der Waals surface area contributed by atoms with Crippen LogP contribution in [0.25, 0.3) is 0 Å². The van der Waals surface area contributed by atoms with Crippen molar-refractivity contribution >= 4 is 22.9 Å². The highest BCUT2D eigenvalue weighted by Crippen LogP contribution is 2.34. The Kier molecular flexibility index (Phi) is 4.80. The van der Waals surface area contributed by atoms with E-state index >= 15 is 0 Å². The monoisotopic (exact) mass is 299 g/mol. The number of thiophene rings is 1. The van der Waals surface area contributed by atoms with Crippen molar-refractivity contribution in [3.8, 4) is 5.75 Å². The van der Waals surface area contributed by atoms with Gasteiger partial charge in [0.2, 0.25) is 0 Å². The average molecular weight is 300 g/mol. The number of likely N-dealkylation sites (N-methyl/N-ethyl adjacent to an activating group) is 1. The van der Waals surface area contributed by atoms with Crippen LogP contribution in [0.3, 0.4) is 0 Å². The Hall–Kier alpha value is -1.10. The average Bonchev–Trinajstić information content (AvgIpc) is 2.87. The topological polar surface area (TPSA) is 21.3 Å². The van der Waals surface area contributed by atoms with E-state index in [4.69, 9.17) is 16.3 Å². The Morgan fingerprint density at radius 2 is 2.21 bits per heavy atom. The van der Waals surface area contributed by atoms with Crippen molar-refractivity contribution in [1.82, 2.24) is 5.32 Å². The van der Waals surface area contributed by atoms with Crippen LogP contribution < -0.4 is 10.1 Å². The van der Waals surface area contributed by atoms with Crippen molar-refractivity contribution in [2.45, 2.75) is 12.5 Å². The first kappa shape index (κ1) is 14.3. The number of halogens is 2. The fourth-order valence-corrected chi connectivity index (χ4v) is 3.20. The molecule has 0 saturated carbocycles. The predicted molar refractivity (Wildman–Crippen MR) is 77.8 cm³/mol. The minimum absolute atomic E-state index is 0.0238. The van der Waals surface area contributed by atoms with Crippen LogP contribution in [0, 0.1) is 5.82 Å². The number of hydrogen-bond donors (Lipinski definition) is 1. The van der Waals surface area contributed by atoms with Gasteiger partial charge in [0.05, 0.1) is 12.0 Å². The Bertz CT molecular complexity index is 538. The standard InChI is InChI=1S/C14H15ClFNOS/c1-17-12(14-13(18-2)6-7-19-14)8-9-10(15)4-3-5-11(9)16/h3-7,12,17H,8H2,1-2H3. The number of rotatable bonds is 5. The van der Waals surface area contributed by atoms with E-state index in [0.717, 1.165) is 10.6 Å². The highest BCUT2D eigenvalue weighted by Gasteiger charge is 2.19. The zero-order valence-electron chi connectivity index (χ0n) is 10.7. The third-order valence-electron chi connectivity index (χ3n) is 3.01. The minimum atomic E-state index is -0.275. The normalized spacial score (nSPS) is 12.4. The summed E-state index contributed by atoms with van der Waals surface area (Å²) in [6.45, 7) is 0. The second kappa shape index (κ2) is 6.37. The van der Waals surface area contributed by atoms with Crippen LogP contribution in [0.4, 0.5) is 4.39 Å². The summed E-state index contributed by atoms with van der Waals surface area (Å²) in [5, 5.41) is 5.60. The van der Waals surface area contributed by atoms with E-state index in [1.165, 1.54) is 6.07 Å². The van der Waals surface area contributed by atoms with Gasteiger partial charge in [-0.25, -0.2) is 4.39 Å². The zero-order chi connectivity index (χ0) is 13.8. The molecule has 2 rings (SSSR count). The molecule has 2 aromatic rings. The molecule has 0 saturated heterocycles. The quantitative estimate of drug-likeness (QED) is 0.899. The van der Waals surface area contributed by atoms with Crippen LogP contribution >= 0.6 is 22.9 Å². The first-order valence-corrected chi connectivity index (χ1v) is 7.14. The molecule has 1 atom stereocenters. The van der Waals surface area contributed by atoms with Gasteiger partial charge < -0.3 is 10.1 Å². The first-order chi connectivity index (χ1) is 9.17. The van der Waals surface area contributed by atoms with E-state index in [1.807, 2.05) is 18.5 Å². The van der Waals surface area contributed by atoms with Crippen LogP contribution in [-0.2, 0) is 6.42 Å². The van der Waals surface area contributed by atoms with Gasteiger partial charge in [0, 0.05) is 16.6 Å².